The number of hydrogen-bond donors (Lipinski definition) is 1. The first-order valence-corrected chi connectivity index (χ1v) is 7.16. The molecule has 6 heteroatoms. The molecule has 0 aromatic heterocycles. The van der Waals surface area contributed by atoms with Crippen LogP contribution in [0.3, 0.4) is 0 Å². The molecule has 3 rings (SSSR count). The van der Waals surface area contributed by atoms with Gasteiger partial charge in [-0.1, -0.05) is 6.07 Å². The van der Waals surface area contributed by atoms with Gasteiger partial charge in [0.2, 0.25) is 5.91 Å². The summed E-state index contributed by atoms with van der Waals surface area (Å²) in [6.45, 7) is 2.39. The standard InChI is InChI=1S/C17H15FN2O3/c1-11(21)20-7-8-23-16-10-14(5-6-15(16)20)19-17(22)12-3-2-4-13(18)9-12/h2-6,9-10H,7-8H2,1H3,(H,19,22). The number of carbonyl (C=O) groups is 2. The molecule has 23 heavy (non-hydrogen) atoms. The molecule has 0 radical (unpaired) electrons. The summed E-state index contributed by atoms with van der Waals surface area (Å²) in [5.41, 5.74) is 1.42. The molecule has 1 aliphatic rings. The predicted molar refractivity (Wildman–Crippen MR) is 84.3 cm³/mol. The van der Waals surface area contributed by atoms with Crippen LogP contribution in [0.1, 0.15) is 17.3 Å². The number of anilines is 2. The maximum absolute atomic E-state index is 13.2. The fourth-order valence-corrected chi connectivity index (χ4v) is 2.46. The van der Waals surface area contributed by atoms with Crippen LogP contribution in [0.15, 0.2) is 42.5 Å². The lowest BCUT2D eigenvalue weighted by atomic mass is 10.2. The van der Waals surface area contributed by atoms with Gasteiger partial charge in [0.1, 0.15) is 18.2 Å². The van der Waals surface area contributed by atoms with E-state index in [1.165, 1.54) is 31.2 Å². The van der Waals surface area contributed by atoms with Gasteiger partial charge in [0.05, 0.1) is 12.2 Å². The molecular formula is C17H15FN2O3. The monoisotopic (exact) mass is 314 g/mol. The zero-order valence-corrected chi connectivity index (χ0v) is 12.5. The maximum Gasteiger partial charge on any atom is 0.255 e. The van der Waals surface area contributed by atoms with E-state index in [0.29, 0.717) is 30.3 Å². The van der Waals surface area contributed by atoms with Crippen molar-refractivity contribution in [1.29, 1.82) is 0 Å². The molecule has 2 aromatic carbocycles. The van der Waals surface area contributed by atoms with Crippen molar-refractivity contribution >= 4 is 23.2 Å². The number of rotatable bonds is 2. The van der Waals surface area contributed by atoms with Gasteiger partial charge in [0.25, 0.3) is 5.91 Å². The average molecular weight is 314 g/mol. The molecule has 0 unspecified atom stereocenters. The zero-order chi connectivity index (χ0) is 16.4. The summed E-state index contributed by atoms with van der Waals surface area (Å²) in [4.78, 5) is 25.4. The molecule has 0 saturated carbocycles. The molecule has 1 N–H and O–H groups in total. The molecule has 118 valence electrons. The number of hydrogen-bond acceptors (Lipinski definition) is 3. The number of nitrogens with one attached hydrogen (secondary N) is 1. The van der Waals surface area contributed by atoms with Gasteiger partial charge in [0, 0.05) is 24.2 Å². The second kappa shape index (κ2) is 6.08. The van der Waals surface area contributed by atoms with Crippen molar-refractivity contribution in [1.82, 2.24) is 0 Å². The largest absolute Gasteiger partial charge is 0.489 e. The zero-order valence-electron chi connectivity index (χ0n) is 12.5. The van der Waals surface area contributed by atoms with Crippen molar-refractivity contribution < 1.29 is 18.7 Å². The van der Waals surface area contributed by atoms with Gasteiger partial charge in [-0.15, -0.1) is 0 Å². The predicted octanol–water partition coefficient (Wildman–Crippen LogP) is 2.82. The van der Waals surface area contributed by atoms with Crippen LogP contribution in [0.5, 0.6) is 5.75 Å². The number of halogens is 1. The Morgan fingerprint density at radius 1 is 1.22 bits per heavy atom. The lowest BCUT2D eigenvalue weighted by Gasteiger charge is -2.29. The Hall–Kier alpha value is -2.89. The van der Waals surface area contributed by atoms with Gasteiger partial charge >= 0.3 is 0 Å². The van der Waals surface area contributed by atoms with Gasteiger partial charge in [-0.25, -0.2) is 4.39 Å². The smallest absolute Gasteiger partial charge is 0.255 e. The number of carbonyl (C=O) groups excluding carboxylic acids is 2. The van der Waals surface area contributed by atoms with E-state index in [0.717, 1.165) is 0 Å². The summed E-state index contributed by atoms with van der Waals surface area (Å²) in [5.74, 6) is -0.415. The molecule has 2 amide bonds. The third-order valence-electron chi connectivity index (χ3n) is 3.55. The van der Waals surface area contributed by atoms with Gasteiger partial charge in [-0.05, 0) is 30.3 Å². The van der Waals surface area contributed by atoms with Crippen molar-refractivity contribution in [2.75, 3.05) is 23.4 Å². The second-order valence-corrected chi connectivity index (χ2v) is 5.17. The molecule has 5 nitrogen and oxygen atoms in total. The van der Waals surface area contributed by atoms with E-state index in [1.807, 2.05) is 0 Å². The molecule has 0 bridgehead atoms. The molecule has 0 saturated heterocycles. The Bertz CT molecular complexity index is 776. The normalized spacial score (nSPS) is 13.0. The van der Waals surface area contributed by atoms with Gasteiger partial charge in [0.15, 0.2) is 0 Å². The van der Waals surface area contributed by atoms with Crippen LogP contribution < -0.4 is 15.0 Å². The molecule has 0 fully saturated rings. The lowest BCUT2D eigenvalue weighted by molar-refractivity contribution is -0.116. The Morgan fingerprint density at radius 3 is 2.78 bits per heavy atom. The topological polar surface area (TPSA) is 58.6 Å². The van der Waals surface area contributed by atoms with Crippen molar-refractivity contribution in [3.63, 3.8) is 0 Å². The first-order valence-electron chi connectivity index (χ1n) is 7.16. The van der Waals surface area contributed by atoms with E-state index in [2.05, 4.69) is 5.32 Å². The van der Waals surface area contributed by atoms with E-state index >= 15 is 0 Å². The van der Waals surface area contributed by atoms with Crippen molar-refractivity contribution in [2.45, 2.75) is 6.92 Å². The van der Waals surface area contributed by atoms with E-state index < -0.39 is 11.7 Å². The van der Waals surface area contributed by atoms with Gasteiger partial charge in [-0.3, -0.25) is 9.59 Å². The van der Waals surface area contributed by atoms with Crippen LogP contribution in [0, 0.1) is 5.82 Å². The molecule has 0 aliphatic carbocycles. The highest BCUT2D eigenvalue weighted by atomic mass is 19.1. The molecule has 0 spiro atoms. The van der Waals surface area contributed by atoms with E-state index in [4.69, 9.17) is 4.74 Å². The molecular weight excluding hydrogens is 299 g/mol. The first kappa shape index (κ1) is 15.0. The number of benzene rings is 2. The van der Waals surface area contributed by atoms with E-state index in [9.17, 15) is 14.0 Å². The minimum absolute atomic E-state index is 0.0638. The van der Waals surface area contributed by atoms with Crippen LogP contribution in [0.25, 0.3) is 0 Å². The summed E-state index contributed by atoms with van der Waals surface area (Å²) in [5, 5.41) is 2.69. The van der Waals surface area contributed by atoms with Crippen LogP contribution >= 0.6 is 0 Å². The fourth-order valence-electron chi connectivity index (χ4n) is 2.46. The summed E-state index contributed by atoms with van der Waals surface area (Å²) >= 11 is 0. The van der Waals surface area contributed by atoms with E-state index in [-0.39, 0.29) is 11.5 Å². The summed E-state index contributed by atoms with van der Waals surface area (Å²) in [6, 6.07) is 10.5. The SMILES string of the molecule is CC(=O)N1CCOc2cc(NC(=O)c3cccc(F)c3)ccc21. The third-order valence-corrected chi connectivity index (χ3v) is 3.55. The average Bonchev–Trinajstić information content (AvgIpc) is 2.54. The highest BCUT2D eigenvalue weighted by molar-refractivity contribution is 6.04. The third kappa shape index (κ3) is 3.15. The Morgan fingerprint density at radius 2 is 2.04 bits per heavy atom. The van der Waals surface area contributed by atoms with Crippen LogP contribution in [0.2, 0.25) is 0 Å². The van der Waals surface area contributed by atoms with Gasteiger partial charge < -0.3 is 15.0 Å². The minimum atomic E-state index is -0.469. The fraction of sp³-hybridized carbons (Fsp3) is 0.176. The van der Waals surface area contributed by atoms with Crippen molar-refractivity contribution in [2.24, 2.45) is 0 Å². The first-order chi connectivity index (χ1) is 11.0. The number of ether oxygens (including phenoxy) is 1. The van der Waals surface area contributed by atoms with Crippen LogP contribution in [-0.2, 0) is 4.79 Å². The Kier molecular flexibility index (Phi) is 3.97. The number of fused-ring (bicyclic) bond motifs is 1. The number of nitrogens with zero attached hydrogens (tertiary/aromatic N) is 1. The highest BCUT2D eigenvalue weighted by Gasteiger charge is 2.21. The minimum Gasteiger partial charge on any atom is -0.489 e. The second-order valence-electron chi connectivity index (χ2n) is 5.17. The van der Waals surface area contributed by atoms with Crippen LogP contribution in [0.4, 0.5) is 15.8 Å². The maximum atomic E-state index is 13.2. The van der Waals surface area contributed by atoms with Crippen molar-refractivity contribution in [3.05, 3.63) is 53.8 Å². The molecule has 0 atom stereocenters. The number of amides is 2. The van der Waals surface area contributed by atoms with Crippen molar-refractivity contribution in [3.8, 4) is 5.75 Å². The molecule has 1 aliphatic heterocycles. The lowest BCUT2D eigenvalue weighted by Crippen LogP contribution is -2.36. The summed E-state index contributed by atoms with van der Waals surface area (Å²) < 4.78 is 18.7. The quantitative estimate of drug-likeness (QED) is 0.927. The van der Waals surface area contributed by atoms with Crippen LogP contribution in [-0.4, -0.2) is 25.0 Å². The Labute approximate surface area is 132 Å². The van der Waals surface area contributed by atoms with E-state index in [1.54, 1.807) is 23.1 Å². The summed E-state index contributed by atoms with van der Waals surface area (Å²) in [6.07, 6.45) is 0. The summed E-state index contributed by atoms with van der Waals surface area (Å²) in [7, 11) is 0. The highest BCUT2D eigenvalue weighted by Crippen LogP contribution is 2.34. The Balaban J connectivity index is 1.82. The molecule has 2 aromatic rings. The van der Waals surface area contributed by atoms with Gasteiger partial charge in [-0.2, -0.15) is 0 Å². The molecule has 1 heterocycles.